The summed E-state index contributed by atoms with van der Waals surface area (Å²) in [6.45, 7) is 0.709. The van der Waals surface area contributed by atoms with Gasteiger partial charge in [0.2, 0.25) is 0 Å². The molecule has 1 aliphatic rings. The molecule has 0 radical (unpaired) electrons. The van der Waals surface area contributed by atoms with Crippen molar-refractivity contribution in [3.8, 4) is 0 Å². The zero-order valence-electron chi connectivity index (χ0n) is 8.93. The fourth-order valence-electron chi connectivity index (χ4n) is 2.03. The van der Waals surface area contributed by atoms with E-state index in [0.717, 1.165) is 25.7 Å². The fraction of sp³-hybridized carbons (Fsp3) is 0.538. The van der Waals surface area contributed by atoms with E-state index in [1.54, 1.807) is 0 Å². The summed E-state index contributed by atoms with van der Waals surface area (Å²) < 4.78 is 5.61. The predicted octanol–water partition coefficient (Wildman–Crippen LogP) is 2.16. The van der Waals surface area contributed by atoms with Gasteiger partial charge in [-0.15, -0.1) is 0 Å². The molecule has 2 heteroatoms. The Morgan fingerprint density at radius 3 is 2.80 bits per heavy atom. The topological polar surface area (TPSA) is 29.5 Å². The molecule has 1 aromatic rings. The molecule has 1 heterocycles. The van der Waals surface area contributed by atoms with E-state index >= 15 is 0 Å². The Hall–Kier alpha value is -0.860. The van der Waals surface area contributed by atoms with Crippen molar-refractivity contribution in [3.05, 3.63) is 35.9 Å². The number of hydrogen-bond donors (Lipinski definition) is 1. The van der Waals surface area contributed by atoms with Gasteiger partial charge in [0.1, 0.15) is 0 Å². The van der Waals surface area contributed by atoms with Gasteiger partial charge in [0, 0.05) is 6.61 Å². The van der Waals surface area contributed by atoms with E-state index < -0.39 is 0 Å². The molecule has 0 saturated carbocycles. The van der Waals surface area contributed by atoms with Crippen molar-refractivity contribution in [2.24, 2.45) is 0 Å². The number of rotatable bonds is 3. The van der Waals surface area contributed by atoms with E-state index in [-0.39, 0.29) is 12.2 Å². The molecule has 2 atom stereocenters. The number of hydrogen-bond acceptors (Lipinski definition) is 2. The zero-order chi connectivity index (χ0) is 10.5. The van der Waals surface area contributed by atoms with Gasteiger partial charge >= 0.3 is 0 Å². The van der Waals surface area contributed by atoms with Crippen molar-refractivity contribution in [1.29, 1.82) is 0 Å². The second-order valence-electron chi connectivity index (χ2n) is 4.20. The van der Waals surface area contributed by atoms with Gasteiger partial charge in [-0.3, -0.25) is 0 Å². The average molecular weight is 206 g/mol. The highest BCUT2D eigenvalue weighted by atomic mass is 16.5. The summed E-state index contributed by atoms with van der Waals surface area (Å²) in [4.78, 5) is 0. The molecule has 0 aliphatic carbocycles. The number of ether oxygens (including phenoxy) is 1. The molecular formula is C13H18O2. The second kappa shape index (κ2) is 5.29. The van der Waals surface area contributed by atoms with E-state index in [1.165, 1.54) is 5.56 Å². The van der Waals surface area contributed by atoms with Crippen LogP contribution in [0, 0.1) is 0 Å². The summed E-state index contributed by atoms with van der Waals surface area (Å²) in [5.41, 5.74) is 1.35. The first-order valence-electron chi connectivity index (χ1n) is 5.68. The molecule has 2 rings (SSSR count). The minimum Gasteiger partial charge on any atom is -0.393 e. The van der Waals surface area contributed by atoms with Crippen LogP contribution in [0.1, 0.15) is 24.8 Å². The standard InChI is InChI=1S/C13H18O2/c14-12-8-9-15-13(10-12)7-6-11-4-2-1-3-5-11/h1-5,12-14H,6-10H2/t12-,13+/m1/s1. The number of aryl methyl sites for hydroxylation is 1. The smallest absolute Gasteiger partial charge is 0.0603 e. The lowest BCUT2D eigenvalue weighted by atomic mass is 10.00. The summed E-state index contributed by atoms with van der Waals surface area (Å²) in [7, 11) is 0. The van der Waals surface area contributed by atoms with Gasteiger partial charge in [-0.2, -0.15) is 0 Å². The molecule has 0 bridgehead atoms. The van der Waals surface area contributed by atoms with Crippen LogP contribution >= 0.6 is 0 Å². The zero-order valence-corrected chi connectivity index (χ0v) is 8.93. The quantitative estimate of drug-likeness (QED) is 0.821. The summed E-state index contributed by atoms with van der Waals surface area (Å²) in [5, 5.41) is 9.50. The van der Waals surface area contributed by atoms with E-state index in [4.69, 9.17) is 4.74 Å². The molecule has 1 aliphatic heterocycles. The van der Waals surface area contributed by atoms with Crippen LogP contribution in [-0.4, -0.2) is 23.9 Å². The SMILES string of the molecule is O[C@@H]1CCO[C@@H](CCc2ccccc2)C1. The van der Waals surface area contributed by atoms with Crippen LogP contribution in [0.5, 0.6) is 0 Å². The van der Waals surface area contributed by atoms with Crippen LogP contribution in [0.25, 0.3) is 0 Å². The molecule has 0 amide bonds. The van der Waals surface area contributed by atoms with Crippen molar-refractivity contribution in [1.82, 2.24) is 0 Å². The maximum atomic E-state index is 9.50. The molecular weight excluding hydrogens is 188 g/mol. The third-order valence-corrected chi connectivity index (χ3v) is 2.94. The van der Waals surface area contributed by atoms with Crippen molar-refractivity contribution in [2.75, 3.05) is 6.61 Å². The van der Waals surface area contributed by atoms with Gasteiger partial charge in [0.25, 0.3) is 0 Å². The molecule has 2 nitrogen and oxygen atoms in total. The summed E-state index contributed by atoms with van der Waals surface area (Å²) in [6.07, 6.45) is 3.74. The van der Waals surface area contributed by atoms with E-state index in [9.17, 15) is 5.11 Å². The van der Waals surface area contributed by atoms with Crippen molar-refractivity contribution in [2.45, 2.75) is 37.9 Å². The van der Waals surface area contributed by atoms with Gasteiger partial charge in [0.15, 0.2) is 0 Å². The van der Waals surface area contributed by atoms with E-state index in [0.29, 0.717) is 6.61 Å². The fourth-order valence-corrected chi connectivity index (χ4v) is 2.03. The summed E-state index contributed by atoms with van der Waals surface area (Å²) in [5.74, 6) is 0. The first-order valence-corrected chi connectivity index (χ1v) is 5.68. The number of aliphatic hydroxyl groups excluding tert-OH is 1. The number of aliphatic hydroxyl groups is 1. The maximum absolute atomic E-state index is 9.50. The van der Waals surface area contributed by atoms with Gasteiger partial charge in [-0.1, -0.05) is 30.3 Å². The van der Waals surface area contributed by atoms with Gasteiger partial charge in [-0.05, 0) is 31.2 Å². The van der Waals surface area contributed by atoms with E-state index in [2.05, 4.69) is 24.3 Å². The lowest BCUT2D eigenvalue weighted by molar-refractivity contribution is -0.0459. The monoisotopic (exact) mass is 206 g/mol. The third kappa shape index (κ3) is 3.33. The first kappa shape index (κ1) is 10.7. The molecule has 1 saturated heterocycles. The largest absolute Gasteiger partial charge is 0.393 e. The molecule has 0 spiro atoms. The average Bonchev–Trinajstić information content (AvgIpc) is 2.28. The minimum absolute atomic E-state index is 0.153. The molecule has 0 aromatic heterocycles. The lowest BCUT2D eigenvalue weighted by Gasteiger charge is -2.26. The highest BCUT2D eigenvalue weighted by molar-refractivity contribution is 5.14. The molecule has 0 unspecified atom stereocenters. The third-order valence-electron chi connectivity index (χ3n) is 2.94. The maximum Gasteiger partial charge on any atom is 0.0603 e. The normalized spacial score (nSPS) is 26.5. The van der Waals surface area contributed by atoms with Crippen molar-refractivity contribution >= 4 is 0 Å². The molecule has 82 valence electrons. The highest BCUT2D eigenvalue weighted by Crippen LogP contribution is 2.18. The van der Waals surface area contributed by atoms with Crippen LogP contribution < -0.4 is 0 Å². The Morgan fingerprint density at radius 1 is 1.27 bits per heavy atom. The first-order chi connectivity index (χ1) is 7.34. The van der Waals surface area contributed by atoms with Crippen molar-refractivity contribution in [3.63, 3.8) is 0 Å². The van der Waals surface area contributed by atoms with E-state index in [1.807, 2.05) is 6.07 Å². The van der Waals surface area contributed by atoms with Crippen LogP contribution in [0.15, 0.2) is 30.3 Å². The molecule has 1 N–H and O–H groups in total. The predicted molar refractivity (Wildman–Crippen MR) is 59.7 cm³/mol. The van der Waals surface area contributed by atoms with Crippen LogP contribution in [0.4, 0.5) is 0 Å². The van der Waals surface area contributed by atoms with Gasteiger partial charge in [0.05, 0.1) is 12.2 Å². The Balaban J connectivity index is 1.78. The Morgan fingerprint density at radius 2 is 2.07 bits per heavy atom. The van der Waals surface area contributed by atoms with Gasteiger partial charge in [-0.25, -0.2) is 0 Å². The van der Waals surface area contributed by atoms with Gasteiger partial charge < -0.3 is 9.84 Å². The Bertz CT molecular complexity index is 284. The molecule has 1 fully saturated rings. The van der Waals surface area contributed by atoms with Crippen molar-refractivity contribution < 1.29 is 9.84 Å². The van der Waals surface area contributed by atoms with Crippen LogP contribution in [0.2, 0.25) is 0 Å². The highest BCUT2D eigenvalue weighted by Gasteiger charge is 2.20. The van der Waals surface area contributed by atoms with Crippen LogP contribution in [-0.2, 0) is 11.2 Å². The second-order valence-corrected chi connectivity index (χ2v) is 4.20. The summed E-state index contributed by atoms with van der Waals surface area (Å²) >= 11 is 0. The molecule has 1 aromatic carbocycles. The molecule has 15 heavy (non-hydrogen) atoms. The Kier molecular flexibility index (Phi) is 3.75. The summed E-state index contributed by atoms with van der Waals surface area (Å²) in [6, 6.07) is 10.4. The lowest BCUT2D eigenvalue weighted by Crippen LogP contribution is -2.29. The number of benzene rings is 1. The minimum atomic E-state index is -0.153. The van der Waals surface area contributed by atoms with Crippen LogP contribution in [0.3, 0.4) is 0 Å². The Labute approximate surface area is 90.9 Å².